The molecular weight excluding hydrogens is 566 g/mol. The van der Waals surface area contributed by atoms with Crippen LogP contribution in [0.4, 0.5) is 31.1 Å². The second kappa shape index (κ2) is 12.9. The Morgan fingerprint density at radius 1 is 0.857 bits per heavy atom. The van der Waals surface area contributed by atoms with Gasteiger partial charge in [-0.3, -0.25) is 9.69 Å². The number of carbonyl (C=O) groups is 2. The number of nitrogens with zero attached hydrogens (tertiary/aromatic N) is 4. The van der Waals surface area contributed by atoms with Crippen LogP contribution in [0.5, 0.6) is 0 Å². The van der Waals surface area contributed by atoms with Gasteiger partial charge in [0.1, 0.15) is 6.61 Å². The van der Waals surface area contributed by atoms with E-state index in [1.54, 1.807) is 4.90 Å². The van der Waals surface area contributed by atoms with E-state index in [0.29, 0.717) is 51.3 Å². The van der Waals surface area contributed by atoms with Crippen LogP contribution in [-0.4, -0.2) is 104 Å². The summed E-state index contributed by atoms with van der Waals surface area (Å²) < 4.78 is 85.9. The topological polar surface area (TPSA) is 56.3 Å². The van der Waals surface area contributed by atoms with Gasteiger partial charge in [0.05, 0.1) is 11.1 Å². The molecule has 13 heteroatoms. The molecule has 0 bridgehead atoms. The molecule has 2 aromatic carbocycles. The number of hydrogen-bond acceptors (Lipinski definition) is 5. The Bertz CT molecular complexity index is 1200. The molecular formula is C29H34F6N4O3. The van der Waals surface area contributed by atoms with E-state index in [1.165, 1.54) is 4.90 Å². The maximum absolute atomic E-state index is 13.4. The number of rotatable bonds is 6. The standard InChI is InChI=1S/C29H34F6N4O3/c1-36(2)14-15-42-27(41)38-12-10-37(11-13-38)25-8-9-39(19-24(25)20-6-4-3-5-7-20)26(40)21-16-22(28(30,31)32)18-23(17-21)29(33,34)35/h3-7,16-18,24-25H,8-15,19H2,1-2H3. The molecule has 2 aliphatic heterocycles. The van der Waals surface area contributed by atoms with Gasteiger partial charge in [-0.05, 0) is 44.3 Å². The molecule has 2 saturated heterocycles. The number of alkyl halides is 6. The zero-order valence-corrected chi connectivity index (χ0v) is 23.4. The molecule has 4 rings (SSSR count). The third-order valence-electron chi connectivity index (χ3n) is 7.73. The minimum Gasteiger partial charge on any atom is -0.448 e. The first-order chi connectivity index (χ1) is 19.7. The third kappa shape index (κ3) is 7.74. The zero-order valence-electron chi connectivity index (χ0n) is 23.4. The van der Waals surface area contributed by atoms with Gasteiger partial charge >= 0.3 is 18.4 Å². The van der Waals surface area contributed by atoms with Crippen LogP contribution in [0.25, 0.3) is 0 Å². The Balaban J connectivity index is 1.50. The number of halogens is 6. The summed E-state index contributed by atoms with van der Waals surface area (Å²) >= 11 is 0. The molecule has 2 atom stereocenters. The molecule has 2 fully saturated rings. The lowest BCUT2D eigenvalue weighted by molar-refractivity contribution is -0.143. The molecule has 2 amide bonds. The van der Waals surface area contributed by atoms with Crippen LogP contribution >= 0.6 is 0 Å². The molecule has 2 heterocycles. The van der Waals surface area contributed by atoms with E-state index < -0.39 is 35.0 Å². The highest BCUT2D eigenvalue weighted by atomic mass is 19.4. The SMILES string of the molecule is CN(C)CCOC(=O)N1CCN(C2CCN(C(=O)c3cc(C(F)(F)F)cc(C(F)(F)F)c3)CC2c2ccccc2)CC1. The van der Waals surface area contributed by atoms with Crippen molar-refractivity contribution in [3.63, 3.8) is 0 Å². The van der Waals surface area contributed by atoms with Gasteiger partial charge in [-0.1, -0.05) is 30.3 Å². The van der Waals surface area contributed by atoms with Gasteiger partial charge in [0.15, 0.2) is 0 Å². The summed E-state index contributed by atoms with van der Waals surface area (Å²) in [6.07, 6.45) is -10.0. The largest absolute Gasteiger partial charge is 0.448 e. The minimum atomic E-state index is -5.04. The molecule has 0 aromatic heterocycles. The highest BCUT2D eigenvalue weighted by Gasteiger charge is 2.40. The van der Waals surface area contributed by atoms with Gasteiger partial charge in [-0.15, -0.1) is 0 Å². The molecule has 0 N–H and O–H groups in total. The maximum Gasteiger partial charge on any atom is 0.416 e. The third-order valence-corrected chi connectivity index (χ3v) is 7.73. The molecule has 2 unspecified atom stereocenters. The van der Waals surface area contributed by atoms with E-state index in [2.05, 4.69) is 4.90 Å². The number of hydrogen-bond donors (Lipinski definition) is 0. The first-order valence-corrected chi connectivity index (χ1v) is 13.7. The number of carbonyl (C=O) groups excluding carboxylic acids is 2. The summed E-state index contributed by atoms with van der Waals surface area (Å²) in [5.74, 6) is -1.12. The Kier molecular flexibility index (Phi) is 9.71. The lowest BCUT2D eigenvalue weighted by Gasteiger charge is -2.46. The molecule has 0 saturated carbocycles. The highest BCUT2D eigenvalue weighted by molar-refractivity contribution is 5.95. The fourth-order valence-electron chi connectivity index (χ4n) is 5.49. The van der Waals surface area contributed by atoms with Crippen molar-refractivity contribution in [1.29, 1.82) is 0 Å². The summed E-state index contributed by atoms with van der Waals surface area (Å²) in [6, 6.07) is 10.3. The number of piperidine rings is 1. The Morgan fingerprint density at radius 3 is 2.00 bits per heavy atom. The van der Waals surface area contributed by atoms with Gasteiger partial charge < -0.3 is 19.4 Å². The van der Waals surface area contributed by atoms with Gasteiger partial charge in [-0.25, -0.2) is 4.79 Å². The Labute approximate surface area is 240 Å². The van der Waals surface area contributed by atoms with Crippen LogP contribution in [0, 0.1) is 0 Å². The lowest BCUT2D eigenvalue weighted by Crippen LogP contribution is -2.57. The Hall–Kier alpha value is -3.32. The van der Waals surface area contributed by atoms with E-state index in [-0.39, 0.29) is 43.8 Å². The summed E-state index contributed by atoms with van der Waals surface area (Å²) in [6.45, 7) is 3.21. The average molecular weight is 601 g/mol. The summed E-state index contributed by atoms with van der Waals surface area (Å²) in [4.78, 5) is 33.0. The van der Waals surface area contributed by atoms with Gasteiger partial charge in [0.2, 0.25) is 0 Å². The van der Waals surface area contributed by atoms with Crippen LogP contribution in [0.1, 0.15) is 39.4 Å². The smallest absolute Gasteiger partial charge is 0.416 e. The summed E-state index contributed by atoms with van der Waals surface area (Å²) in [5.41, 5.74) is -2.78. The van der Waals surface area contributed by atoms with Crippen LogP contribution in [-0.2, 0) is 17.1 Å². The molecule has 2 aromatic rings. The maximum atomic E-state index is 13.4. The van der Waals surface area contributed by atoms with Crippen molar-refractivity contribution in [2.24, 2.45) is 0 Å². The van der Waals surface area contributed by atoms with E-state index in [4.69, 9.17) is 4.74 Å². The van der Waals surface area contributed by atoms with Gasteiger partial charge in [0, 0.05) is 63.3 Å². The predicted molar refractivity (Wildman–Crippen MR) is 143 cm³/mol. The van der Waals surface area contributed by atoms with Crippen LogP contribution in [0.15, 0.2) is 48.5 Å². The zero-order chi connectivity index (χ0) is 30.7. The van der Waals surface area contributed by atoms with Gasteiger partial charge in [-0.2, -0.15) is 26.3 Å². The molecule has 42 heavy (non-hydrogen) atoms. The van der Waals surface area contributed by atoms with E-state index in [1.807, 2.05) is 49.3 Å². The first kappa shape index (κ1) is 31.6. The summed E-state index contributed by atoms with van der Waals surface area (Å²) in [7, 11) is 3.77. The fourth-order valence-corrected chi connectivity index (χ4v) is 5.49. The number of amides is 2. The molecule has 0 spiro atoms. The summed E-state index contributed by atoms with van der Waals surface area (Å²) in [5, 5.41) is 0. The van der Waals surface area contributed by atoms with E-state index in [0.717, 1.165) is 5.56 Å². The fraction of sp³-hybridized carbons (Fsp3) is 0.517. The van der Waals surface area contributed by atoms with Crippen molar-refractivity contribution in [3.8, 4) is 0 Å². The molecule has 230 valence electrons. The minimum absolute atomic E-state index is 0.0213. The second-order valence-corrected chi connectivity index (χ2v) is 10.9. The monoisotopic (exact) mass is 600 g/mol. The van der Waals surface area contributed by atoms with E-state index >= 15 is 0 Å². The molecule has 0 radical (unpaired) electrons. The van der Waals surface area contributed by atoms with Crippen molar-refractivity contribution in [3.05, 3.63) is 70.8 Å². The number of likely N-dealkylation sites (N-methyl/N-ethyl adjacent to an activating group) is 1. The quantitative estimate of drug-likeness (QED) is 0.435. The Morgan fingerprint density at radius 2 is 1.45 bits per heavy atom. The second-order valence-electron chi connectivity index (χ2n) is 10.9. The van der Waals surface area contributed by atoms with Crippen molar-refractivity contribution in [1.82, 2.24) is 19.6 Å². The number of piperazine rings is 1. The lowest BCUT2D eigenvalue weighted by atomic mass is 9.84. The van der Waals surface area contributed by atoms with Crippen molar-refractivity contribution < 1.29 is 40.7 Å². The van der Waals surface area contributed by atoms with Crippen molar-refractivity contribution in [2.45, 2.75) is 30.7 Å². The molecule has 7 nitrogen and oxygen atoms in total. The van der Waals surface area contributed by atoms with Crippen molar-refractivity contribution in [2.75, 3.05) is 66.5 Å². The molecule has 0 aliphatic carbocycles. The molecule has 2 aliphatic rings. The predicted octanol–water partition coefficient (Wildman–Crippen LogP) is 5.04. The van der Waals surface area contributed by atoms with Crippen molar-refractivity contribution >= 4 is 12.0 Å². The normalized spacial score (nSPS) is 20.6. The first-order valence-electron chi connectivity index (χ1n) is 13.7. The van der Waals surface area contributed by atoms with E-state index in [9.17, 15) is 35.9 Å². The van der Waals surface area contributed by atoms with Crippen LogP contribution in [0.3, 0.4) is 0 Å². The van der Waals surface area contributed by atoms with Gasteiger partial charge in [0.25, 0.3) is 5.91 Å². The highest BCUT2D eigenvalue weighted by Crippen LogP contribution is 2.38. The number of benzene rings is 2. The average Bonchev–Trinajstić information content (AvgIpc) is 2.95. The van der Waals surface area contributed by atoms with Crippen LogP contribution in [0.2, 0.25) is 0 Å². The number of ether oxygens (including phenoxy) is 1. The number of likely N-dealkylation sites (tertiary alicyclic amines) is 1. The van der Waals surface area contributed by atoms with Crippen LogP contribution < -0.4 is 0 Å².